The summed E-state index contributed by atoms with van der Waals surface area (Å²) < 4.78 is 7.10. The summed E-state index contributed by atoms with van der Waals surface area (Å²) in [7, 11) is 3.52. The molecule has 2 aromatic rings. The van der Waals surface area contributed by atoms with Crippen molar-refractivity contribution in [3.8, 4) is 5.75 Å². The maximum absolute atomic E-state index is 12.3. The van der Waals surface area contributed by atoms with Crippen LogP contribution in [0, 0.1) is 5.92 Å². The maximum atomic E-state index is 12.3. The standard InChI is InChI=1S/C19H25ClN4O2/c1-23-12-15(11-21-23)9-14-5-7-24(13-14)8-6-19(25)22-17-10-16(20)3-4-18(17)26-2/h3-4,10-12,14H,5-9,13H2,1-2H3,(H,22,25). The molecule has 1 saturated heterocycles. The molecule has 3 rings (SSSR count). The minimum absolute atomic E-state index is 0.0266. The Morgan fingerprint density at radius 3 is 3.04 bits per heavy atom. The Balaban J connectivity index is 1.44. The predicted molar refractivity (Wildman–Crippen MR) is 103 cm³/mol. The number of nitrogens with zero attached hydrogens (tertiary/aromatic N) is 3. The predicted octanol–water partition coefficient (Wildman–Crippen LogP) is 2.98. The molecule has 1 unspecified atom stereocenters. The number of anilines is 1. The van der Waals surface area contributed by atoms with Crippen LogP contribution in [0.1, 0.15) is 18.4 Å². The molecule has 1 amide bonds. The van der Waals surface area contributed by atoms with Crippen LogP contribution in [0.5, 0.6) is 5.75 Å². The maximum Gasteiger partial charge on any atom is 0.225 e. The number of nitrogens with one attached hydrogen (secondary N) is 1. The van der Waals surface area contributed by atoms with Crippen molar-refractivity contribution in [2.24, 2.45) is 13.0 Å². The van der Waals surface area contributed by atoms with Crippen molar-refractivity contribution in [3.63, 3.8) is 0 Å². The van der Waals surface area contributed by atoms with Gasteiger partial charge in [0.1, 0.15) is 5.75 Å². The number of hydrogen-bond acceptors (Lipinski definition) is 4. The zero-order valence-corrected chi connectivity index (χ0v) is 16.0. The van der Waals surface area contributed by atoms with Gasteiger partial charge in [0.05, 0.1) is 19.0 Å². The number of carbonyl (C=O) groups is 1. The summed E-state index contributed by atoms with van der Waals surface area (Å²) in [6.07, 6.45) is 6.69. The van der Waals surface area contributed by atoms with Gasteiger partial charge in [0.15, 0.2) is 0 Å². The summed E-state index contributed by atoms with van der Waals surface area (Å²) in [5.74, 6) is 1.22. The van der Waals surface area contributed by atoms with Crippen molar-refractivity contribution in [2.45, 2.75) is 19.3 Å². The zero-order chi connectivity index (χ0) is 18.5. The van der Waals surface area contributed by atoms with Crippen LogP contribution in [0.3, 0.4) is 0 Å². The van der Waals surface area contributed by atoms with Gasteiger partial charge in [-0.3, -0.25) is 9.48 Å². The van der Waals surface area contributed by atoms with Crippen LogP contribution in [0.4, 0.5) is 5.69 Å². The van der Waals surface area contributed by atoms with Crippen molar-refractivity contribution in [3.05, 3.63) is 41.2 Å². The number of amides is 1. The Labute approximate surface area is 159 Å². The smallest absolute Gasteiger partial charge is 0.225 e. The van der Waals surface area contributed by atoms with E-state index in [4.69, 9.17) is 16.3 Å². The first kappa shape index (κ1) is 18.7. The third kappa shape index (κ3) is 4.99. The van der Waals surface area contributed by atoms with Crippen LogP contribution in [0.2, 0.25) is 5.02 Å². The molecule has 0 radical (unpaired) electrons. The number of benzene rings is 1. The Kier molecular flexibility index (Phi) is 6.16. The van der Waals surface area contributed by atoms with E-state index in [1.807, 2.05) is 17.9 Å². The number of rotatable bonds is 7. The van der Waals surface area contributed by atoms with E-state index in [1.165, 1.54) is 12.0 Å². The number of carbonyl (C=O) groups excluding carboxylic acids is 1. The Bertz CT molecular complexity index is 762. The van der Waals surface area contributed by atoms with E-state index in [0.29, 0.717) is 28.8 Å². The second-order valence-corrected chi connectivity index (χ2v) is 7.26. The molecule has 1 aromatic carbocycles. The van der Waals surface area contributed by atoms with Crippen molar-refractivity contribution in [1.29, 1.82) is 0 Å². The lowest BCUT2D eigenvalue weighted by atomic mass is 10.0. The summed E-state index contributed by atoms with van der Waals surface area (Å²) in [5, 5.41) is 7.69. The fourth-order valence-corrected chi connectivity index (χ4v) is 3.62. The number of ether oxygens (including phenoxy) is 1. The zero-order valence-electron chi connectivity index (χ0n) is 15.2. The molecule has 1 fully saturated rings. The van der Waals surface area contributed by atoms with Crippen LogP contribution in [0.15, 0.2) is 30.6 Å². The van der Waals surface area contributed by atoms with Gasteiger partial charge in [0.2, 0.25) is 5.91 Å². The highest BCUT2D eigenvalue weighted by Gasteiger charge is 2.23. The molecule has 1 aliphatic heterocycles. The summed E-state index contributed by atoms with van der Waals surface area (Å²) in [5.41, 5.74) is 1.89. The van der Waals surface area contributed by atoms with Crippen LogP contribution in [-0.4, -0.2) is 47.3 Å². The third-order valence-electron chi connectivity index (χ3n) is 4.74. The highest BCUT2D eigenvalue weighted by Crippen LogP contribution is 2.28. The van der Waals surface area contributed by atoms with Gasteiger partial charge in [0, 0.05) is 37.8 Å². The number of likely N-dealkylation sites (tertiary alicyclic amines) is 1. The highest BCUT2D eigenvalue weighted by molar-refractivity contribution is 6.31. The van der Waals surface area contributed by atoms with E-state index in [0.717, 1.165) is 26.1 Å². The fraction of sp³-hybridized carbons (Fsp3) is 0.474. The molecule has 1 N–H and O–H groups in total. The number of aromatic nitrogens is 2. The second kappa shape index (κ2) is 8.56. The minimum Gasteiger partial charge on any atom is -0.495 e. The van der Waals surface area contributed by atoms with E-state index < -0.39 is 0 Å². The molecular weight excluding hydrogens is 352 g/mol. The molecule has 1 aliphatic rings. The quantitative estimate of drug-likeness (QED) is 0.807. The average Bonchev–Trinajstić information content (AvgIpc) is 3.22. The number of methoxy groups -OCH3 is 1. The molecule has 0 spiro atoms. The SMILES string of the molecule is COc1ccc(Cl)cc1NC(=O)CCN1CCC(Cc2cnn(C)c2)C1. The lowest BCUT2D eigenvalue weighted by Gasteiger charge is -2.16. The van der Waals surface area contributed by atoms with E-state index in [9.17, 15) is 4.79 Å². The van der Waals surface area contributed by atoms with Crippen LogP contribution >= 0.6 is 11.6 Å². The van der Waals surface area contributed by atoms with Gasteiger partial charge in [-0.1, -0.05) is 11.6 Å². The van der Waals surface area contributed by atoms with Crippen molar-refractivity contribution in [2.75, 3.05) is 32.1 Å². The molecule has 7 heteroatoms. The van der Waals surface area contributed by atoms with Gasteiger partial charge in [-0.05, 0) is 49.1 Å². The van der Waals surface area contributed by atoms with Gasteiger partial charge < -0.3 is 15.0 Å². The molecule has 1 atom stereocenters. The summed E-state index contributed by atoms with van der Waals surface area (Å²) in [6.45, 7) is 2.83. The Morgan fingerprint density at radius 1 is 1.46 bits per heavy atom. The molecule has 0 bridgehead atoms. The van der Waals surface area contributed by atoms with E-state index in [1.54, 1.807) is 25.3 Å². The molecule has 6 nitrogen and oxygen atoms in total. The summed E-state index contributed by atoms with van der Waals surface area (Å²) in [6, 6.07) is 5.20. The fourth-order valence-electron chi connectivity index (χ4n) is 3.44. The number of halogens is 1. The van der Waals surface area contributed by atoms with Crippen molar-refractivity contribution < 1.29 is 9.53 Å². The van der Waals surface area contributed by atoms with Gasteiger partial charge in [-0.2, -0.15) is 5.10 Å². The lowest BCUT2D eigenvalue weighted by molar-refractivity contribution is -0.116. The molecule has 0 saturated carbocycles. The average molecular weight is 377 g/mol. The molecule has 140 valence electrons. The van der Waals surface area contributed by atoms with Gasteiger partial charge in [-0.25, -0.2) is 0 Å². The van der Waals surface area contributed by atoms with Crippen molar-refractivity contribution in [1.82, 2.24) is 14.7 Å². The molecule has 1 aromatic heterocycles. The molecule has 26 heavy (non-hydrogen) atoms. The largest absolute Gasteiger partial charge is 0.495 e. The topological polar surface area (TPSA) is 59.4 Å². The highest BCUT2D eigenvalue weighted by atomic mass is 35.5. The van der Waals surface area contributed by atoms with Crippen molar-refractivity contribution >= 4 is 23.2 Å². The first-order valence-corrected chi connectivity index (χ1v) is 9.24. The van der Waals surface area contributed by atoms with Crippen LogP contribution < -0.4 is 10.1 Å². The van der Waals surface area contributed by atoms with Gasteiger partial charge in [0.25, 0.3) is 0 Å². The van der Waals surface area contributed by atoms with Gasteiger partial charge >= 0.3 is 0 Å². The Hall–Kier alpha value is -2.05. The van der Waals surface area contributed by atoms with E-state index >= 15 is 0 Å². The van der Waals surface area contributed by atoms with Crippen LogP contribution in [0.25, 0.3) is 0 Å². The molecule has 0 aliphatic carbocycles. The monoisotopic (exact) mass is 376 g/mol. The second-order valence-electron chi connectivity index (χ2n) is 6.82. The lowest BCUT2D eigenvalue weighted by Crippen LogP contribution is -2.26. The number of aryl methyl sites for hydroxylation is 1. The first-order chi connectivity index (χ1) is 12.5. The number of hydrogen-bond donors (Lipinski definition) is 1. The normalized spacial score (nSPS) is 17.4. The van der Waals surface area contributed by atoms with Gasteiger partial charge in [-0.15, -0.1) is 0 Å². The molecular formula is C19H25ClN4O2. The van der Waals surface area contributed by atoms with E-state index in [2.05, 4.69) is 21.5 Å². The first-order valence-electron chi connectivity index (χ1n) is 8.87. The van der Waals surface area contributed by atoms with E-state index in [-0.39, 0.29) is 5.91 Å². The summed E-state index contributed by atoms with van der Waals surface area (Å²) >= 11 is 6.00. The minimum atomic E-state index is -0.0266. The summed E-state index contributed by atoms with van der Waals surface area (Å²) in [4.78, 5) is 14.6. The van der Waals surface area contributed by atoms with Crippen LogP contribution in [-0.2, 0) is 18.3 Å². The molecule has 2 heterocycles. The third-order valence-corrected chi connectivity index (χ3v) is 4.98. The Morgan fingerprint density at radius 2 is 2.31 bits per heavy atom.